The highest BCUT2D eigenvalue weighted by Crippen LogP contribution is 2.32. The van der Waals surface area contributed by atoms with Gasteiger partial charge in [-0.2, -0.15) is 4.31 Å². The van der Waals surface area contributed by atoms with Gasteiger partial charge in [-0.15, -0.1) is 13.2 Å². The fraction of sp³-hybridized carbons (Fsp3) is 0.333. The lowest BCUT2D eigenvalue weighted by Gasteiger charge is -2.39. The number of halogens is 3. The zero-order valence-corrected chi connectivity index (χ0v) is 15.4. The molecule has 3 rings (SSSR count). The summed E-state index contributed by atoms with van der Waals surface area (Å²) in [7, 11) is -1.95. The lowest BCUT2D eigenvalue weighted by molar-refractivity contribution is -0.274. The van der Waals surface area contributed by atoms with Gasteiger partial charge in [-0.05, 0) is 36.9 Å². The van der Waals surface area contributed by atoms with E-state index in [0.717, 1.165) is 29.8 Å². The summed E-state index contributed by atoms with van der Waals surface area (Å²) in [6, 6.07) is 13.2. The fourth-order valence-electron chi connectivity index (χ4n) is 3.09. The second kappa shape index (κ2) is 7.49. The number of likely N-dealkylation sites (N-methyl/N-ethyl adjacent to an activating group) is 1. The number of piperazine rings is 1. The first kappa shape index (κ1) is 19.7. The zero-order valence-electron chi connectivity index (χ0n) is 14.6. The third-order valence-electron chi connectivity index (χ3n) is 4.38. The van der Waals surface area contributed by atoms with Gasteiger partial charge in [0.05, 0.1) is 10.9 Å². The number of alkyl halides is 3. The molecule has 27 heavy (non-hydrogen) atoms. The monoisotopic (exact) mass is 400 g/mol. The van der Waals surface area contributed by atoms with Gasteiger partial charge in [0, 0.05) is 19.6 Å². The summed E-state index contributed by atoms with van der Waals surface area (Å²) < 4.78 is 68.3. The van der Waals surface area contributed by atoms with Crippen LogP contribution in [-0.2, 0) is 10.0 Å². The van der Waals surface area contributed by atoms with E-state index in [9.17, 15) is 21.6 Å². The van der Waals surface area contributed by atoms with E-state index in [-0.39, 0.29) is 10.9 Å². The zero-order chi connectivity index (χ0) is 19.7. The minimum atomic E-state index is -4.82. The lowest BCUT2D eigenvalue weighted by atomic mass is 10.1. The van der Waals surface area contributed by atoms with Crippen LogP contribution in [0.15, 0.2) is 59.5 Å². The topological polar surface area (TPSA) is 49.9 Å². The Balaban J connectivity index is 1.90. The molecule has 2 aromatic rings. The van der Waals surface area contributed by atoms with Crippen molar-refractivity contribution in [2.75, 3.05) is 26.7 Å². The molecular formula is C18H19F3N2O3S. The van der Waals surface area contributed by atoms with Crippen molar-refractivity contribution in [3.8, 4) is 5.75 Å². The first-order chi connectivity index (χ1) is 12.7. The number of benzene rings is 2. The minimum absolute atomic E-state index is 0.0671. The predicted molar refractivity (Wildman–Crippen MR) is 93.7 cm³/mol. The summed E-state index contributed by atoms with van der Waals surface area (Å²) in [6.45, 7) is 1.38. The fourth-order valence-corrected chi connectivity index (χ4v) is 4.68. The van der Waals surface area contributed by atoms with Gasteiger partial charge in [0.15, 0.2) is 0 Å². The van der Waals surface area contributed by atoms with E-state index in [1.54, 1.807) is 0 Å². The summed E-state index contributed by atoms with van der Waals surface area (Å²) in [5, 5.41) is 0. The smallest absolute Gasteiger partial charge is 0.406 e. The largest absolute Gasteiger partial charge is 0.573 e. The van der Waals surface area contributed by atoms with Gasteiger partial charge >= 0.3 is 6.36 Å². The van der Waals surface area contributed by atoms with Gasteiger partial charge in [0.1, 0.15) is 5.75 Å². The van der Waals surface area contributed by atoms with Crippen LogP contribution in [0.3, 0.4) is 0 Å². The minimum Gasteiger partial charge on any atom is -0.406 e. The summed E-state index contributed by atoms with van der Waals surface area (Å²) in [4.78, 5) is 1.98. The van der Waals surface area contributed by atoms with E-state index >= 15 is 0 Å². The Kier molecular flexibility index (Phi) is 5.45. The molecule has 0 spiro atoms. The van der Waals surface area contributed by atoms with E-state index in [1.165, 1.54) is 4.31 Å². The Hall–Kier alpha value is -2.10. The molecule has 1 saturated heterocycles. The molecule has 0 saturated carbocycles. The average molecular weight is 400 g/mol. The van der Waals surface area contributed by atoms with Crippen LogP contribution in [-0.4, -0.2) is 50.7 Å². The molecule has 0 amide bonds. The van der Waals surface area contributed by atoms with E-state index in [1.807, 2.05) is 42.3 Å². The molecule has 146 valence electrons. The van der Waals surface area contributed by atoms with Gasteiger partial charge in [-0.1, -0.05) is 30.3 Å². The summed E-state index contributed by atoms with van der Waals surface area (Å²) >= 11 is 0. The van der Waals surface area contributed by atoms with Crippen molar-refractivity contribution in [2.45, 2.75) is 17.3 Å². The number of sulfonamides is 1. The Morgan fingerprint density at radius 1 is 1.00 bits per heavy atom. The summed E-state index contributed by atoms with van der Waals surface area (Å²) in [5.74, 6) is -0.459. The van der Waals surface area contributed by atoms with Crippen LogP contribution >= 0.6 is 0 Å². The van der Waals surface area contributed by atoms with Crippen molar-refractivity contribution in [3.05, 3.63) is 60.2 Å². The molecule has 1 atom stereocenters. The highest BCUT2D eigenvalue weighted by molar-refractivity contribution is 7.89. The molecule has 0 unspecified atom stereocenters. The quantitative estimate of drug-likeness (QED) is 0.791. The number of rotatable bonds is 4. The predicted octanol–water partition coefficient (Wildman–Crippen LogP) is 3.26. The van der Waals surface area contributed by atoms with Crippen LogP contribution < -0.4 is 4.74 Å². The molecular weight excluding hydrogens is 381 g/mol. The van der Waals surface area contributed by atoms with Gasteiger partial charge in [0.2, 0.25) is 10.0 Å². The summed E-state index contributed by atoms with van der Waals surface area (Å²) in [6.07, 6.45) is -4.82. The van der Waals surface area contributed by atoms with E-state index in [4.69, 9.17) is 0 Å². The molecule has 0 N–H and O–H groups in total. The molecule has 1 aliphatic rings. The molecule has 0 aliphatic carbocycles. The second-order valence-electron chi connectivity index (χ2n) is 6.32. The Labute approximate surface area is 156 Å². The first-order valence-corrected chi connectivity index (χ1v) is 9.72. The standard InChI is InChI=1S/C18H19F3N2O3S/c1-22-11-12-23(17(13-22)14-5-3-2-4-6-14)27(24,25)16-9-7-15(8-10-16)26-18(19,20)21/h2-10,17H,11-13H2,1H3/t17-/m0/s1. The molecule has 1 fully saturated rings. The highest BCUT2D eigenvalue weighted by atomic mass is 32.2. The van der Waals surface area contributed by atoms with Crippen molar-refractivity contribution in [3.63, 3.8) is 0 Å². The second-order valence-corrected chi connectivity index (χ2v) is 8.21. The first-order valence-electron chi connectivity index (χ1n) is 8.28. The third-order valence-corrected chi connectivity index (χ3v) is 6.30. The van der Waals surface area contributed by atoms with Gasteiger partial charge < -0.3 is 9.64 Å². The number of ether oxygens (including phenoxy) is 1. The number of nitrogens with zero attached hydrogens (tertiary/aromatic N) is 2. The highest BCUT2D eigenvalue weighted by Gasteiger charge is 2.36. The SMILES string of the molecule is CN1CCN(S(=O)(=O)c2ccc(OC(F)(F)F)cc2)[C@H](c2ccccc2)C1. The normalized spacial score (nSPS) is 19.8. The Morgan fingerprint density at radius 3 is 2.22 bits per heavy atom. The van der Waals surface area contributed by atoms with Crippen LogP contribution in [0.5, 0.6) is 5.75 Å². The maximum absolute atomic E-state index is 13.1. The van der Waals surface area contributed by atoms with Crippen LogP contribution in [0, 0.1) is 0 Å². The van der Waals surface area contributed by atoms with Gasteiger partial charge in [-0.25, -0.2) is 8.42 Å². The van der Waals surface area contributed by atoms with Gasteiger partial charge in [-0.3, -0.25) is 0 Å². The molecule has 0 radical (unpaired) electrons. The molecule has 2 aromatic carbocycles. The molecule has 9 heteroatoms. The number of hydrogen-bond acceptors (Lipinski definition) is 4. The lowest BCUT2D eigenvalue weighted by Crippen LogP contribution is -2.49. The molecule has 0 aromatic heterocycles. The van der Waals surface area contributed by atoms with Crippen molar-refractivity contribution >= 4 is 10.0 Å². The van der Waals surface area contributed by atoms with Crippen molar-refractivity contribution in [1.29, 1.82) is 0 Å². The van der Waals surface area contributed by atoms with Crippen LogP contribution in [0.4, 0.5) is 13.2 Å². The maximum Gasteiger partial charge on any atom is 0.573 e. The Morgan fingerprint density at radius 2 is 1.63 bits per heavy atom. The molecule has 5 nitrogen and oxygen atoms in total. The maximum atomic E-state index is 13.1. The molecule has 0 bridgehead atoms. The molecule has 1 aliphatic heterocycles. The van der Waals surface area contributed by atoms with Crippen molar-refractivity contribution in [1.82, 2.24) is 9.21 Å². The van der Waals surface area contributed by atoms with Crippen LogP contribution in [0.2, 0.25) is 0 Å². The Bertz CT molecular complexity index is 871. The van der Waals surface area contributed by atoms with Gasteiger partial charge in [0.25, 0.3) is 0 Å². The summed E-state index contributed by atoms with van der Waals surface area (Å²) in [5.41, 5.74) is 0.865. The average Bonchev–Trinajstić information content (AvgIpc) is 2.61. The molecule has 1 heterocycles. The van der Waals surface area contributed by atoms with Crippen LogP contribution in [0.1, 0.15) is 11.6 Å². The van der Waals surface area contributed by atoms with E-state index in [0.29, 0.717) is 19.6 Å². The van der Waals surface area contributed by atoms with E-state index < -0.39 is 22.1 Å². The third kappa shape index (κ3) is 4.60. The van der Waals surface area contributed by atoms with E-state index in [2.05, 4.69) is 4.74 Å². The van der Waals surface area contributed by atoms with Crippen LogP contribution in [0.25, 0.3) is 0 Å². The van der Waals surface area contributed by atoms with Crippen molar-refractivity contribution in [2.24, 2.45) is 0 Å². The number of hydrogen-bond donors (Lipinski definition) is 0. The van der Waals surface area contributed by atoms with Crippen molar-refractivity contribution < 1.29 is 26.3 Å².